The lowest BCUT2D eigenvalue weighted by Crippen LogP contribution is -2.35. The van der Waals surface area contributed by atoms with Gasteiger partial charge in [0.15, 0.2) is 0 Å². The van der Waals surface area contributed by atoms with Gasteiger partial charge in [0.1, 0.15) is 0 Å². The maximum absolute atomic E-state index is 12.0. The summed E-state index contributed by atoms with van der Waals surface area (Å²) in [4.78, 5) is 0. The van der Waals surface area contributed by atoms with Crippen molar-refractivity contribution < 1.29 is 13.5 Å². The highest BCUT2D eigenvalue weighted by Gasteiger charge is 2.12. The maximum Gasteiger partial charge on any atom is 0.253 e. The summed E-state index contributed by atoms with van der Waals surface area (Å²) in [6, 6.07) is -0.747. The molecule has 1 atom stereocenters. The van der Waals surface area contributed by atoms with Gasteiger partial charge in [-0.1, -0.05) is 13.8 Å². The lowest BCUT2D eigenvalue weighted by molar-refractivity contribution is 0.0898. The highest BCUT2D eigenvalue weighted by Crippen LogP contribution is 1.99. The zero-order valence-corrected chi connectivity index (χ0v) is 9.22. The van der Waals surface area contributed by atoms with Crippen LogP contribution in [0.2, 0.25) is 0 Å². The third-order valence-electron chi connectivity index (χ3n) is 1.93. The van der Waals surface area contributed by atoms with Crippen molar-refractivity contribution in [1.29, 1.82) is 0 Å². The molecule has 0 aliphatic rings. The molecule has 0 saturated carbocycles. The van der Waals surface area contributed by atoms with Gasteiger partial charge < -0.3 is 10.1 Å². The standard InChI is InChI=1S/C10H21F2NO/c1-8(2)4-6-14-7-5-13-9(3)10(11)12/h8-10,13H,4-7H2,1-3H3. The average molecular weight is 209 g/mol. The summed E-state index contributed by atoms with van der Waals surface area (Å²) in [6.45, 7) is 7.43. The Labute approximate surface area is 85.0 Å². The van der Waals surface area contributed by atoms with Crippen molar-refractivity contribution in [2.75, 3.05) is 19.8 Å². The fourth-order valence-corrected chi connectivity index (χ4v) is 0.869. The molecule has 0 rings (SSSR count). The summed E-state index contributed by atoms with van der Waals surface area (Å²) in [6.07, 6.45) is -1.28. The summed E-state index contributed by atoms with van der Waals surface area (Å²) in [5, 5.41) is 2.70. The minimum absolute atomic E-state index is 0.490. The van der Waals surface area contributed by atoms with Crippen LogP contribution in [0.25, 0.3) is 0 Å². The largest absolute Gasteiger partial charge is 0.380 e. The Morgan fingerprint density at radius 3 is 2.29 bits per heavy atom. The van der Waals surface area contributed by atoms with Gasteiger partial charge in [-0.05, 0) is 19.3 Å². The predicted octanol–water partition coefficient (Wildman–Crippen LogP) is 2.29. The molecule has 1 N–H and O–H groups in total. The molecule has 0 spiro atoms. The van der Waals surface area contributed by atoms with Gasteiger partial charge in [-0.3, -0.25) is 0 Å². The number of hydrogen-bond donors (Lipinski definition) is 1. The van der Waals surface area contributed by atoms with Crippen molar-refractivity contribution in [3.05, 3.63) is 0 Å². The van der Waals surface area contributed by atoms with E-state index in [0.717, 1.165) is 6.42 Å². The van der Waals surface area contributed by atoms with Crippen LogP contribution in [-0.4, -0.2) is 32.2 Å². The Bertz CT molecular complexity index is 131. The van der Waals surface area contributed by atoms with Crippen LogP contribution in [0.15, 0.2) is 0 Å². The Kier molecular flexibility index (Phi) is 7.99. The van der Waals surface area contributed by atoms with Crippen LogP contribution in [0, 0.1) is 5.92 Å². The first kappa shape index (κ1) is 13.8. The number of rotatable bonds is 8. The van der Waals surface area contributed by atoms with Crippen LogP contribution in [0.1, 0.15) is 27.2 Å². The van der Waals surface area contributed by atoms with Crippen LogP contribution < -0.4 is 5.32 Å². The number of halogens is 2. The zero-order valence-electron chi connectivity index (χ0n) is 9.22. The first-order valence-corrected chi connectivity index (χ1v) is 5.13. The number of nitrogens with one attached hydrogen (secondary N) is 1. The third kappa shape index (κ3) is 8.38. The minimum atomic E-state index is -2.30. The van der Waals surface area contributed by atoms with Crippen LogP contribution in [0.3, 0.4) is 0 Å². The number of hydrogen-bond acceptors (Lipinski definition) is 2. The van der Waals surface area contributed by atoms with E-state index in [-0.39, 0.29) is 0 Å². The van der Waals surface area contributed by atoms with E-state index in [2.05, 4.69) is 19.2 Å². The Balaban J connectivity index is 3.13. The second-order valence-electron chi connectivity index (χ2n) is 3.87. The van der Waals surface area contributed by atoms with Crippen molar-refractivity contribution in [3.63, 3.8) is 0 Å². The summed E-state index contributed by atoms with van der Waals surface area (Å²) in [5.41, 5.74) is 0. The summed E-state index contributed by atoms with van der Waals surface area (Å²) >= 11 is 0. The van der Waals surface area contributed by atoms with Gasteiger partial charge in [-0.25, -0.2) is 8.78 Å². The van der Waals surface area contributed by atoms with Gasteiger partial charge in [0, 0.05) is 13.2 Å². The first-order chi connectivity index (χ1) is 6.54. The topological polar surface area (TPSA) is 21.3 Å². The second kappa shape index (κ2) is 8.12. The number of ether oxygens (including phenoxy) is 1. The van der Waals surface area contributed by atoms with Crippen molar-refractivity contribution in [2.24, 2.45) is 5.92 Å². The molecule has 14 heavy (non-hydrogen) atoms. The molecule has 0 fully saturated rings. The molecule has 0 bridgehead atoms. The number of alkyl halides is 2. The molecular weight excluding hydrogens is 188 g/mol. The lowest BCUT2D eigenvalue weighted by atomic mass is 10.1. The van der Waals surface area contributed by atoms with E-state index in [1.807, 2.05) is 0 Å². The van der Waals surface area contributed by atoms with Crippen molar-refractivity contribution in [2.45, 2.75) is 39.7 Å². The molecule has 1 unspecified atom stereocenters. The molecule has 0 aromatic heterocycles. The van der Waals surface area contributed by atoms with Gasteiger partial charge in [0.05, 0.1) is 12.6 Å². The van der Waals surface area contributed by atoms with Crippen LogP contribution in [0.5, 0.6) is 0 Å². The molecule has 0 aromatic rings. The molecule has 0 aliphatic heterocycles. The lowest BCUT2D eigenvalue weighted by Gasteiger charge is -2.12. The van der Waals surface area contributed by atoms with E-state index in [4.69, 9.17) is 4.74 Å². The summed E-state index contributed by atoms with van der Waals surface area (Å²) in [5.74, 6) is 0.628. The van der Waals surface area contributed by atoms with E-state index in [0.29, 0.717) is 25.7 Å². The van der Waals surface area contributed by atoms with Gasteiger partial charge >= 0.3 is 0 Å². The quantitative estimate of drug-likeness (QED) is 0.619. The molecular formula is C10H21F2NO. The molecule has 0 aromatic carbocycles. The van der Waals surface area contributed by atoms with E-state index < -0.39 is 12.5 Å². The smallest absolute Gasteiger partial charge is 0.253 e. The van der Waals surface area contributed by atoms with Gasteiger partial charge in [-0.2, -0.15) is 0 Å². The van der Waals surface area contributed by atoms with Gasteiger partial charge in [0.2, 0.25) is 0 Å². The third-order valence-corrected chi connectivity index (χ3v) is 1.93. The maximum atomic E-state index is 12.0. The molecule has 4 heteroatoms. The van der Waals surface area contributed by atoms with E-state index >= 15 is 0 Å². The molecule has 0 amide bonds. The van der Waals surface area contributed by atoms with Crippen LogP contribution in [-0.2, 0) is 4.74 Å². The van der Waals surface area contributed by atoms with Crippen molar-refractivity contribution >= 4 is 0 Å². The van der Waals surface area contributed by atoms with E-state index in [1.54, 1.807) is 0 Å². The van der Waals surface area contributed by atoms with Gasteiger partial charge in [0.25, 0.3) is 6.43 Å². The van der Waals surface area contributed by atoms with Crippen LogP contribution >= 0.6 is 0 Å². The molecule has 0 saturated heterocycles. The Hall–Kier alpha value is -0.220. The summed E-state index contributed by atoms with van der Waals surface area (Å²) in [7, 11) is 0. The fraction of sp³-hybridized carbons (Fsp3) is 1.00. The Morgan fingerprint density at radius 2 is 1.79 bits per heavy atom. The minimum Gasteiger partial charge on any atom is -0.380 e. The first-order valence-electron chi connectivity index (χ1n) is 5.13. The monoisotopic (exact) mass is 209 g/mol. The highest BCUT2D eigenvalue weighted by molar-refractivity contribution is 4.61. The van der Waals surface area contributed by atoms with E-state index in [9.17, 15) is 8.78 Å². The normalized spacial score (nSPS) is 13.9. The van der Waals surface area contributed by atoms with Crippen LogP contribution in [0.4, 0.5) is 8.78 Å². The average Bonchev–Trinajstić information content (AvgIpc) is 2.09. The fourth-order valence-electron chi connectivity index (χ4n) is 0.869. The predicted molar refractivity (Wildman–Crippen MR) is 53.7 cm³/mol. The summed E-state index contributed by atoms with van der Waals surface area (Å²) < 4.78 is 29.3. The molecule has 86 valence electrons. The Morgan fingerprint density at radius 1 is 1.14 bits per heavy atom. The zero-order chi connectivity index (χ0) is 11.0. The molecule has 0 aliphatic carbocycles. The SMILES string of the molecule is CC(C)CCOCCNC(C)C(F)F. The van der Waals surface area contributed by atoms with Crippen molar-refractivity contribution in [1.82, 2.24) is 5.32 Å². The van der Waals surface area contributed by atoms with Gasteiger partial charge in [-0.15, -0.1) is 0 Å². The molecule has 2 nitrogen and oxygen atoms in total. The van der Waals surface area contributed by atoms with E-state index in [1.165, 1.54) is 6.92 Å². The highest BCUT2D eigenvalue weighted by atomic mass is 19.3. The molecule has 0 radical (unpaired) electrons. The molecule has 0 heterocycles. The van der Waals surface area contributed by atoms with Crippen molar-refractivity contribution in [3.8, 4) is 0 Å². The second-order valence-corrected chi connectivity index (χ2v) is 3.87.